The van der Waals surface area contributed by atoms with Crippen LogP contribution in [-0.4, -0.2) is 17.9 Å². The molecule has 126 valence electrons. The zero-order valence-corrected chi connectivity index (χ0v) is 15.4. The molecular weight excluding hydrogens is 369 g/mol. The van der Waals surface area contributed by atoms with Crippen LogP contribution in [0.15, 0.2) is 47.5 Å². The van der Waals surface area contributed by atoms with E-state index in [1.165, 1.54) is 6.07 Å². The Morgan fingerprint density at radius 1 is 1.00 bits per heavy atom. The number of amides is 1. The first kappa shape index (κ1) is 18.6. The van der Waals surface area contributed by atoms with E-state index >= 15 is 0 Å². The number of aliphatic imine (C=N–C) groups is 1. The Morgan fingerprint density at radius 2 is 1.62 bits per heavy atom. The minimum Gasteiger partial charge on any atom is -0.326 e. The molecule has 24 heavy (non-hydrogen) atoms. The Hall–Kier alpha value is -1.75. The molecule has 0 saturated carbocycles. The maximum absolute atomic E-state index is 12.4. The van der Waals surface area contributed by atoms with Crippen molar-refractivity contribution in [1.29, 1.82) is 0 Å². The molecule has 0 aliphatic carbocycles. The molecule has 2 aromatic carbocycles. The molecule has 0 heterocycles. The number of nitrogens with zero attached hydrogens (tertiary/aromatic N) is 1. The fraction of sp³-hybridized carbons (Fsp3) is 0.176. The van der Waals surface area contributed by atoms with E-state index in [9.17, 15) is 4.79 Å². The van der Waals surface area contributed by atoms with E-state index in [1.54, 1.807) is 36.4 Å². The first-order chi connectivity index (χ1) is 11.3. The molecule has 0 radical (unpaired) electrons. The maximum Gasteiger partial charge on any atom is 0.259 e. The third-order valence-electron chi connectivity index (χ3n) is 2.90. The van der Waals surface area contributed by atoms with E-state index in [0.717, 1.165) is 5.69 Å². The first-order valence-electron chi connectivity index (χ1n) is 7.22. The number of guanidine groups is 1. The van der Waals surface area contributed by atoms with E-state index < -0.39 is 0 Å². The molecule has 0 aromatic heterocycles. The monoisotopic (exact) mass is 383 g/mol. The van der Waals surface area contributed by atoms with Crippen LogP contribution in [0.4, 0.5) is 5.69 Å². The summed E-state index contributed by atoms with van der Waals surface area (Å²) < 4.78 is 0. The van der Waals surface area contributed by atoms with Crippen LogP contribution in [-0.2, 0) is 0 Å². The molecule has 0 aliphatic rings. The predicted octanol–water partition coefficient (Wildman–Crippen LogP) is 5.25. The average molecular weight is 385 g/mol. The summed E-state index contributed by atoms with van der Waals surface area (Å²) in [6.45, 7) is 3.82. The molecule has 0 aliphatic heterocycles. The maximum atomic E-state index is 12.4. The number of carbonyl (C=O) groups excluding carboxylic acids is 1. The fourth-order valence-corrected chi connectivity index (χ4v) is 2.49. The molecule has 0 atom stereocenters. The Labute approximate surface area is 155 Å². The number of anilines is 1. The molecular formula is C17H16Cl3N3O. The highest BCUT2D eigenvalue weighted by molar-refractivity contribution is 6.37. The third-order valence-corrected chi connectivity index (χ3v) is 3.70. The molecule has 0 saturated heterocycles. The van der Waals surface area contributed by atoms with Gasteiger partial charge in [-0.3, -0.25) is 10.1 Å². The summed E-state index contributed by atoms with van der Waals surface area (Å²) in [5.74, 6) is -0.0548. The lowest BCUT2D eigenvalue weighted by Crippen LogP contribution is -2.36. The summed E-state index contributed by atoms with van der Waals surface area (Å²) in [5, 5.41) is 7.15. The van der Waals surface area contributed by atoms with Crippen LogP contribution < -0.4 is 10.6 Å². The van der Waals surface area contributed by atoms with Gasteiger partial charge < -0.3 is 5.32 Å². The van der Waals surface area contributed by atoms with Crippen molar-refractivity contribution in [1.82, 2.24) is 5.32 Å². The molecule has 2 N–H and O–H groups in total. The second-order valence-corrected chi connectivity index (χ2v) is 6.56. The predicted molar refractivity (Wildman–Crippen MR) is 102 cm³/mol. The van der Waals surface area contributed by atoms with Gasteiger partial charge in [0.1, 0.15) is 0 Å². The lowest BCUT2D eigenvalue weighted by molar-refractivity contribution is 0.0977. The van der Waals surface area contributed by atoms with Crippen molar-refractivity contribution in [2.24, 2.45) is 4.99 Å². The van der Waals surface area contributed by atoms with Crippen molar-refractivity contribution >= 4 is 52.4 Å². The van der Waals surface area contributed by atoms with Crippen LogP contribution in [0.1, 0.15) is 24.2 Å². The lowest BCUT2D eigenvalue weighted by atomic mass is 10.2. The van der Waals surface area contributed by atoms with Crippen molar-refractivity contribution in [3.8, 4) is 0 Å². The first-order valence-corrected chi connectivity index (χ1v) is 8.35. The van der Waals surface area contributed by atoms with Gasteiger partial charge in [-0.1, -0.05) is 34.8 Å². The molecule has 0 spiro atoms. The molecule has 0 unspecified atom stereocenters. The summed E-state index contributed by atoms with van der Waals surface area (Å²) in [5.41, 5.74) is 1.07. The van der Waals surface area contributed by atoms with Gasteiger partial charge in [0.25, 0.3) is 5.91 Å². The van der Waals surface area contributed by atoms with Gasteiger partial charge in [0.2, 0.25) is 5.96 Å². The largest absolute Gasteiger partial charge is 0.326 e. The van der Waals surface area contributed by atoms with Crippen molar-refractivity contribution < 1.29 is 4.79 Å². The van der Waals surface area contributed by atoms with Gasteiger partial charge in [-0.05, 0) is 56.3 Å². The molecule has 4 nitrogen and oxygen atoms in total. The molecule has 7 heteroatoms. The van der Waals surface area contributed by atoms with E-state index in [-0.39, 0.29) is 17.0 Å². The van der Waals surface area contributed by atoms with Crippen LogP contribution in [0.5, 0.6) is 0 Å². The number of nitrogens with one attached hydrogen (secondary N) is 2. The quantitative estimate of drug-likeness (QED) is 0.560. The van der Waals surface area contributed by atoms with Gasteiger partial charge in [0.05, 0.1) is 10.6 Å². The lowest BCUT2D eigenvalue weighted by Gasteiger charge is -2.13. The Bertz CT molecular complexity index is 758. The molecule has 1 amide bonds. The molecule has 0 fully saturated rings. The van der Waals surface area contributed by atoms with Crippen LogP contribution in [0.3, 0.4) is 0 Å². The summed E-state index contributed by atoms with van der Waals surface area (Å²) in [4.78, 5) is 16.8. The summed E-state index contributed by atoms with van der Waals surface area (Å²) in [7, 11) is 0. The molecule has 2 rings (SSSR count). The van der Waals surface area contributed by atoms with Crippen molar-refractivity contribution in [2.75, 3.05) is 5.32 Å². The van der Waals surface area contributed by atoms with Crippen molar-refractivity contribution in [3.63, 3.8) is 0 Å². The summed E-state index contributed by atoms with van der Waals surface area (Å²) >= 11 is 17.8. The summed E-state index contributed by atoms with van der Waals surface area (Å²) in [6.07, 6.45) is 0. The minimum absolute atomic E-state index is 0.0132. The Kier molecular flexibility index (Phi) is 6.49. The molecule has 2 aromatic rings. The van der Waals surface area contributed by atoms with Gasteiger partial charge >= 0.3 is 0 Å². The highest BCUT2D eigenvalue weighted by Crippen LogP contribution is 2.21. The highest BCUT2D eigenvalue weighted by Gasteiger charge is 2.13. The van der Waals surface area contributed by atoms with E-state index in [2.05, 4.69) is 15.6 Å². The number of benzene rings is 2. The van der Waals surface area contributed by atoms with Crippen molar-refractivity contribution in [2.45, 2.75) is 19.9 Å². The second-order valence-electron chi connectivity index (χ2n) is 5.28. The van der Waals surface area contributed by atoms with Crippen LogP contribution in [0, 0.1) is 0 Å². The normalized spacial score (nSPS) is 11.5. The topological polar surface area (TPSA) is 53.5 Å². The van der Waals surface area contributed by atoms with Gasteiger partial charge in [0.15, 0.2) is 0 Å². The van der Waals surface area contributed by atoms with E-state index in [0.29, 0.717) is 21.6 Å². The standard InChI is InChI=1S/C17H16Cl3N3O/c1-10(2)21-17(22-13-6-3-11(18)4-7-13)23-16(24)14-8-5-12(19)9-15(14)20/h3-10H,1-2H3,(H2,21,22,23,24). The van der Waals surface area contributed by atoms with Crippen molar-refractivity contribution in [3.05, 3.63) is 63.1 Å². The summed E-state index contributed by atoms with van der Waals surface area (Å²) in [6, 6.07) is 11.7. The highest BCUT2D eigenvalue weighted by atomic mass is 35.5. The van der Waals surface area contributed by atoms with Gasteiger partial charge in [-0.15, -0.1) is 0 Å². The SMILES string of the molecule is CC(C)N=C(NC(=O)c1ccc(Cl)cc1Cl)Nc1ccc(Cl)cc1. The van der Waals surface area contributed by atoms with Crippen LogP contribution in [0.25, 0.3) is 0 Å². The number of halogens is 3. The Morgan fingerprint density at radius 3 is 2.21 bits per heavy atom. The van der Waals surface area contributed by atoms with E-state index in [4.69, 9.17) is 34.8 Å². The van der Waals surface area contributed by atoms with Crippen LogP contribution >= 0.6 is 34.8 Å². The third kappa shape index (κ3) is 5.41. The number of hydrogen-bond acceptors (Lipinski definition) is 2. The van der Waals surface area contributed by atoms with E-state index in [1.807, 2.05) is 13.8 Å². The minimum atomic E-state index is -0.377. The zero-order chi connectivity index (χ0) is 17.7. The smallest absolute Gasteiger partial charge is 0.259 e. The zero-order valence-electron chi connectivity index (χ0n) is 13.1. The van der Waals surface area contributed by atoms with Gasteiger partial charge in [0, 0.05) is 21.8 Å². The second kappa shape index (κ2) is 8.38. The van der Waals surface area contributed by atoms with Crippen LogP contribution in [0.2, 0.25) is 15.1 Å². The number of carbonyl (C=O) groups is 1. The molecule has 0 bridgehead atoms. The average Bonchev–Trinajstić information content (AvgIpc) is 2.48. The number of hydrogen-bond donors (Lipinski definition) is 2. The van der Waals surface area contributed by atoms with Gasteiger partial charge in [-0.2, -0.15) is 0 Å². The number of rotatable bonds is 3. The fourth-order valence-electron chi connectivity index (χ4n) is 1.87. The Balaban J connectivity index is 2.19. The van der Waals surface area contributed by atoms with Gasteiger partial charge in [-0.25, -0.2) is 4.99 Å².